The van der Waals surface area contributed by atoms with E-state index in [0.29, 0.717) is 12.2 Å². The van der Waals surface area contributed by atoms with Crippen molar-refractivity contribution in [2.75, 3.05) is 37.6 Å². The van der Waals surface area contributed by atoms with Crippen LogP contribution in [0.4, 0.5) is 10.1 Å². The molecule has 1 aliphatic heterocycles. The summed E-state index contributed by atoms with van der Waals surface area (Å²) in [6.45, 7) is 11.1. The van der Waals surface area contributed by atoms with E-state index in [1.807, 2.05) is 19.9 Å². The predicted octanol–water partition coefficient (Wildman–Crippen LogP) is 3.13. The molecule has 1 N–H and O–H groups in total. The van der Waals surface area contributed by atoms with Crippen LogP contribution in [-0.2, 0) is 6.54 Å². The van der Waals surface area contributed by atoms with Crippen molar-refractivity contribution in [3.05, 3.63) is 52.6 Å². The zero-order chi connectivity index (χ0) is 18.8. The van der Waals surface area contributed by atoms with Crippen LogP contribution in [0, 0.1) is 19.7 Å². The molecule has 1 saturated heterocycles. The quantitative estimate of drug-likeness (QED) is 0.891. The first-order chi connectivity index (χ1) is 12.4. The van der Waals surface area contributed by atoms with Gasteiger partial charge in [0.1, 0.15) is 11.5 Å². The van der Waals surface area contributed by atoms with Crippen LogP contribution in [0.5, 0.6) is 0 Å². The van der Waals surface area contributed by atoms with Gasteiger partial charge in [-0.25, -0.2) is 9.18 Å². The van der Waals surface area contributed by atoms with Gasteiger partial charge in [0.05, 0.1) is 5.69 Å². The number of piperazine rings is 1. The minimum Gasteiger partial charge on any atom is -0.477 e. The Balaban J connectivity index is 1.98. The zero-order valence-electron chi connectivity index (χ0n) is 15.6. The van der Waals surface area contributed by atoms with Crippen molar-refractivity contribution >= 4 is 11.7 Å². The molecule has 2 aromatic rings. The fourth-order valence-electron chi connectivity index (χ4n) is 3.93. The van der Waals surface area contributed by atoms with Crippen LogP contribution >= 0.6 is 0 Å². The summed E-state index contributed by atoms with van der Waals surface area (Å²) in [5.41, 5.74) is 3.77. The average Bonchev–Trinajstić information content (AvgIpc) is 2.85. The van der Waals surface area contributed by atoms with E-state index in [1.54, 1.807) is 10.6 Å². The van der Waals surface area contributed by atoms with Gasteiger partial charge < -0.3 is 19.5 Å². The number of hydrogen-bond acceptors (Lipinski definition) is 3. The van der Waals surface area contributed by atoms with Gasteiger partial charge in [0.25, 0.3) is 0 Å². The number of halogens is 1. The van der Waals surface area contributed by atoms with Gasteiger partial charge in [0.15, 0.2) is 0 Å². The molecule has 0 aliphatic carbocycles. The van der Waals surface area contributed by atoms with Crippen molar-refractivity contribution in [2.45, 2.75) is 27.3 Å². The van der Waals surface area contributed by atoms with Crippen molar-refractivity contribution < 1.29 is 14.3 Å². The standard InChI is InChI=1S/C20H26FN3O2/c1-4-22-8-10-23(11-9-22)18-14(2)19(20(25)26)24(15(18)3)13-16-6-5-7-17(21)12-16/h5-7,12H,4,8-11,13H2,1-3H3,(H,25,26). The smallest absolute Gasteiger partial charge is 0.352 e. The number of benzene rings is 1. The molecule has 2 heterocycles. The molecule has 1 aromatic carbocycles. The SMILES string of the molecule is CCN1CCN(c2c(C)c(C(=O)O)n(Cc3cccc(F)c3)c2C)CC1. The summed E-state index contributed by atoms with van der Waals surface area (Å²) >= 11 is 0. The van der Waals surface area contributed by atoms with Crippen molar-refractivity contribution in [3.63, 3.8) is 0 Å². The number of anilines is 1. The molecular weight excluding hydrogens is 333 g/mol. The van der Waals surface area contributed by atoms with Gasteiger partial charge in [0.2, 0.25) is 0 Å². The third-order valence-electron chi connectivity index (χ3n) is 5.30. The van der Waals surface area contributed by atoms with Gasteiger partial charge in [-0.15, -0.1) is 0 Å². The van der Waals surface area contributed by atoms with Crippen LogP contribution in [0.3, 0.4) is 0 Å². The van der Waals surface area contributed by atoms with Gasteiger partial charge in [-0.2, -0.15) is 0 Å². The molecule has 0 radical (unpaired) electrons. The van der Waals surface area contributed by atoms with E-state index in [0.717, 1.165) is 55.2 Å². The van der Waals surface area contributed by atoms with Crippen LogP contribution in [-0.4, -0.2) is 53.3 Å². The van der Waals surface area contributed by atoms with Gasteiger partial charge in [0, 0.05) is 44.0 Å². The lowest BCUT2D eigenvalue weighted by molar-refractivity contribution is 0.0684. The van der Waals surface area contributed by atoms with E-state index in [9.17, 15) is 14.3 Å². The summed E-state index contributed by atoms with van der Waals surface area (Å²) in [6.07, 6.45) is 0. The second kappa shape index (κ2) is 7.50. The van der Waals surface area contributed by atoms with Crippen LogP contribution in [0.2, 0.25) is 0 Å². The highest BCUT2D eigenvalue weighted by Crippen LogP contribution is 2.32. The Morgan fingerprint density at radius 3 is 2.46 bits per heavy atom. The second-order valence-electron chi connectivity index (χ2n) is 6.85. The number of likely N-dealkylation sites (N-methyl/N-ethyl adjacent to an activating group) is 1. The van der Waals surface area contributed by atoms with Gasteiger partial charge in [-0.05, 0) is 38.1 Å². The molecule has 0 amide bonds. The van der Waals surface area contributed by atoms with Crippen molar-refractivity contribution in [3.8, 4) is 0 Å². The molecule has 6 heteroatoms. The highest BCUT2D eigenvalue weighted by atomic mass is 19.1. The van der Waals surface area contributed by atoms with E-state index in [1.165, 1.54) is 12.1 Å². The number of hydrogen-bond donors (Lipinski definition) is 1. The van der Waals surface area contributed by atoms with Gasteiger partial charge in [-0.3, -0.25) is 0 Å². The molecule has 0 bridgehead atoms. The van der Waals surface area contributed by atoms with E-state index < -0.39 is 5.97 Å². The number of aromatic nitrogens is 1. The molecule has 1 aliphatic rings. The molecule has 0 saturated carbocycles. The Kier molecular flexibility index (Phi) is 5.32. The van der Waals surface area contributed by atoms with Crippen LogP contribution in [0.1, 0.15) is 34.2 Å². The molecule has 0 unspecified atom stereocenters. The molecule has 0 spiro atoms. The maximum Gasteiger partial charge on any atom is 0.352 e. The Hall–Kier alpha value is -2.34. The molecule has 1 aromatic heterocycles. The molecule has 3 rings (SSSR count). The highest BCUT2D eigenvalue weighted by molar-refractivity contribution is 5.91. The first-order valence-corrected chi connectivity index (χ1v) is 9.07. The monoisotopic (exact) mass is 359 g/mol. The Morgan fingerprint density at radius 2 is 1.88 bits per heavy atom. The van der Waals surface area contributed by atoms with Crippen molar-refractivity contribution in [1.82, 2.24) is 9.47 Å². The van der Waals surface area contributed by atoms with E-state index in [-0.39, 0.29) is 5.82 Å². The second-order valence-corrected chi connectivity index (χ2v) is 6.85. The topological polar surface area (TPSA) is 48.7 Å². The average molecular weight is 359 g/mol. The van der Waals surface area contributed by atoms with Crippen molar-refractivity contribution in [1.29, 1.82) is 0 Å². The van der Waals surface area contributed by atoms with Crippen LogP contribution in [0.15, 0.2) is 24.3 Å². The molecule has 26 heavy (non-hydrogen) atoms. The zero-order valence-corrected chi connectivity index (χ0v) is 15.6. The fraction of sp³-hybridized carbons (Fsp3) is 0.450. The molecule has 5 nitrogen and oxygen atoms in total. The fourth-order valence-corrected chi connectivity index (χ4v) is 3.93. The van der Waals surface area contributed by atoms with Crippen molar-refractivity contribution in [2.24, 2.45) is 0 Å². The van der Waals surface area contributed by atoms with Crippen LogP contribution < -0.4 is 4.90 Å². The Morgan fingerprint density at radius 1 is 1.19 bits per heavy atom. The third kappa shape index (κ3) is 3.46. The van der Waals surface area contributed by atoms with Crippen LogP contribution in [0.25, 0.3) is 0 Å². The normalized spacial score (nSPS) is 15.5. The summed E-state index contributed by atoms with van der Waals surface area (Å²) in [7, 11) is 0. The largest absolute Gasteiger partial charge is 0.477 e. The number of aromatic carboxylic acids is 1. The highest BCUT2D eigenvalue weighted by Gasteiger charge is 2.27. The molecule has 1 fully saturated rings. The van der Waals surface area contributed by atoms with Gasteiger partial charge >= 0.3 is 5.97 Å². The lowest BCUT2D eigenvalue weighted by Gasteiger charge is -2.36. The minimum absolute atomic E-state index is 0.291. The lowest BCUT2D eigenvalue weighted by atomic mass is 10.1. The number of carboxylic acids is 1. The first-order valence-electron chi connectivity index (χ1n) is 9.07. The lowest BCUT2D eigenvalue weighted by Crippen LogP contribution is -2.46. The first kappa shape index (κ1) is 18.5. The minimum atomic E-state index is -0.944. The summed E-state index contributed by atoms with van der Waals surface area (Å²) in [4.78, 5) is 16.6. The third-order valence-corrected chi connectivity index (χ3v) is 5.30. The molecule has 140 valence electrons. The molecular formula is C20H26FN3O2. The number of nitrogens with zero attached hydrogens (tertiary/aromatic N) is 3. The Labute approximate surface area is 153 Å². The summed E-state index contributed by atoms with van der Waals surface area (Å²) in [5.74, 6) is -1.25. The van der Waals surface area contributed by atoms with E-state index in [2.05, 4.69) is 16.7 Å². The number of carbonyl (C=O) groups is 1. The number of carboxylic acid groups (broad SMARTS) is 1. The van der Waals surface area contributed by atoms with Gasteiger partial charge in [-0.1, -0.05) is 19.1 Å². The van der Waals surface area contributed by atoms with E-state index >= 15 is 0 Å². The maximum atomic E-state index is 13.5. The Bertz CT molecular complexity index is 808. The summed E-state index contributed by atoms with van der Waals surface area (Å²) in [6, 6.07) is 6.33. The van der Waals surface area contributed by atoms with E-state index in [4.69, 9.17) is 0 Å². The summed E-state index contributed by atoms with van der Waals surface area (Å²) < 4.78 is 15.3. The summed E-state index contributed by atoms with van der Waals surface area (Å²) in [5, 5.41) is 9.77. The number of rotatable bonds is 5. The maximum absolute atomic E-state index is 13.5. The molecule has 0 atom stereocenters. The predicted molar refractivity (Wildman–Crippen MR) is 101 cm³/mol.